The van der Waals surface area contributed by atoms with E-state index in [-0.39, 0.29) is 10.8 Å². The Labute approximate surface area is 194 Å². The van der Waals surface area contributed by atoms with Gasteiger partial charge in [0, 0.05) is 15.0 Å². The van der Waals surface area contributed by atoms with Crippen LogP contribution in [0.25, 0.3) is 0 Å². The summed E-state index contributed by atoms with van der Waals surface area (Å²) in [4.78, 5) is 19.0. The number of nitrogens with zero attached hydrogens (tertiary/aromatic N) is 4. The molecule has 0 atom stereocenters. The highest BCUT2D eigenvalue weighted by molar-refractivity contribution is 14.1. The normalized spacial score (nSPS) is 19.3. The number of thiocarbonyl (C=S) groups is 1. The fraction of sp³-hybridized carbons (Fsp3) is 0.300. The zero-order chi connectivity index (χ0) is 23.1. The van der Waals surface area contributed by atoms with Gasteiger partial charge in [0.1, 0.15) is 17.4 Å². The lowest BCUT2D eigenvalue weighted by Gasteiger charge is -2.43. The number of anilines is 1. The minimum absolute atomic E-state index is 0.0503. The van der Waals surface area contributed by atoms with Gasteiger partial charge in [-0.25, -0.2) is 4.39 Å². The fourth-order valence-corrected chi connectivity index (χ4v) is 4.50. The molecule has 2 aliphatic rings. The van der Waals surface area contributed by atoms with Crippen LogP contribution in [-0.4, -0.2) is 34.4 Å². The number of nitriles is 1. The monoisotopic (exact) mass is 562 g/mol. The van der Waals surface area contributed by atoms with Crippen molar-refractivity contribution in [2.24, 2.45) is 4.99 Å². The topological polar surface area (TPSA) is 59.7 Å². The third kappa shape index (κ3) is 3.87. The molecule has 1 saturated carbocycles. The number of amides is 1. The highest BCUT2D eigenvalue weighted by Gasteiger charge is 2.59. The van der Waals surface area contributed by atoms with Crippen molar-refractivity contribution in [2.45, 2.75) is 37.9 Å². The molecule has 0 aromatic heterocycles. The van der Waals surface area contributed by atoms with Gasteiger partial charge in [-0.2, -0.15) is 18.4 Å². The van der Waals surface area contributed by atoms with Gasteiger partial charge in [0.05, 0.1) is 5.57 Å². The molecular formula is C20H15F4IN4OS. The van der Waals surface area contributed by atoms with Crippen molar-refractivity contribution in [2.75, 3.05) is 4.90 Å². The number of hydrogen-bond acceptors (Lipinski definition) is 4. The Kier molecular flexibility index (Phi) is 6.25. The van der Waals surface area contributed by atoms with Gasteiger partial charge in [-0.15, -0.1) is 0 Å². The summed E-state index contributed by atoms with van der Waals surface area (Å²) in [6.07, 6.45) is -2.65. The molecular weight excluding hydrogens is 547 g/mol. The van der Waals surface area contributed by atoms with Crippen LogP contribution in [0.15, 0.2) is 46.2 Å². The molecule has 0 N–H and O–H groups in total. The Morgan fingerprint density at radius 2 is 2.06 bits per heavy atom. The van der Waals surface area contributed by atoms with Crippen molar-refractivity contribution in [3.8, 4) is 6.07 Å². The standard InChI is InChI=1S/C20H15F4IN4OS/c1-11(8-13(20(22,23)24)16(10-26)27-2)28-17(30)19(6-3-7-19)29(18(28)31)12-4-5-15(25)14(21)9-12/h4-5,8-9H,2-3,6-7H2,1H3/b11-8+,16-13+. The molecule has 11 heteroatoms. The van der Waals surface area contributed by atoms with Crippen molar-refractivity contribution in [3.05, 3.63) is 50.6 Å². The van der Waals surface area contributed by atoms with Crippen LogP contribution in [0.1, 0.15) is 26.2 Å². The predicted octanol–water partition coefficient (Wildman–Crippen LogP) is 5.23. The first-order valence-corrected chi connectivity index (χ1v) is 10.5. The Bertz CT molecular complexity index is 1090. The first kappa shape index (κ1) is 23.3. The lowest BCUT2D eigenvalue weighted by Crippen LogP contribution is -2.55. The largest absolute Gasteiger partial charge is 0.419 e. The van der Waals surface area contributed by atoms with Crippen LogP contribution in [0.5, 0.6) is 0 Å². The van der Waals surface area contributed by atoms with Gasteiger partial charge in [0.2, 0.25) is 0 Å². The van der Waals surface area contributed by atoms with Crippen LogP contribution >= 0.6 is 34.8 Å². The van der Waals surface area contributed by atoms with E-state index in [0.29, 0.717) is 28.2 Å². The van der Waals surface area contributed by atoms with E-state index < -0.39 is 34.7 Å². The van der Waals surface area contributed by atoms with Gasteiger partial charge in [-0.05, 0) is 92.0 Å². The van der Waals surface area contributed by atoms with E-state index in [2.05, 4.69) is 11.7 Å². The van der Waals surface area contributed by atoms with E-state index in [1.807, 2.05) is 22.6 Å². The number of hydrogen-bond donors (Lipinski definition) is 0. The van der Waals surface area contributed by atoms with E-state index in [1.165, 1.54) is 30.0 Å². The highest BCUT2D eigenvalue weighted by atomic mass is 127. The zero-order valence-electron chi connectivity index (χ0n) is 16.1. The molecule has 1 aromatic carbocycles. The van der Waals surface area contributed by atoms with Crippen LogP contribution in [-0.2, 0) is 4.79 Å². The summed E-state index contributed by atoms with van der Waals surface area (Å²) in [7, 11) is 0. The summed E-state index contributed by atoms with van der Waals surface area (Å²) in [6, 6.07) is 5.76. The van der Waals surface area contributed by atoms with Gasteiger partial charge in [0.25, 0.3) is 5.91 Å². The maximum absolute atomic E-state index is 14.2. The van der Waals surface area contributed by atoms with Gasteiger partial charge >= 0.3 is 6.18 Å². The van der Waals surface area contributed by atoms with Crippen LogP contribution in [0.4, 0.5) is 23.2 Å². The average Bonchev–Trinajstić information content (AvgIpc) is 2.90. The average molecular weight is 562 g/mol. The Morgan fingerprint density at radius 1 is 1.42 bits per heavy atom. The first-order valence-electron chi connectivity index (χ1n) is 8.98. The molecule has 1 saturated heterocycles. The molecule has 1 amide bonds. The highest BCUT2D eigenvalue weighted by Crippen LogP contribution is 2.48. The van der Waals surface area contributed by atoms with Crippen molar-refractivity contribution in [1.82, 2.24) is 4.90 Å². The molecule has 5 nitrogen and oxygen atoms in total. The molecule has 162 valence electrons. The lowest BCUT2D eigenvalue weighted by molar-refractivity contribution is -0.131. The second-order valence-corrected chi connectivity index (χ2v) is 8.59. The molecule has 0 bridgehead atoms. The molecule has 1 aliphatic heterocycles. The van der Waals surface area contributed by atoms with Crippen LogP contribution < -0.4 is 4.90 Å². The SMILES string of the molecule is C=N/C(C#N)=C(\C=C(/C)N1C(=O)C2(CCC2)N(c2ccc(I)c(F)c2)C1=S)C(F)(F)F. The third-order valence-electron chi connectivity index (χ3n) is 5.28. The number of allylic oxidation sites excluding steroid dienone is 4. The summed E-state index contributed by atoms with van der Waals surface area (Å²) in [5.74, 6) is -0.977. The number of carbonyl (C=O) groups is 1. The van der Waals surface area contributed by atoms with Crippen molar-refractivity contribution >= 4 is 58.2 Å². The number of benzene rings is 1. The van der Waals surface area contributed by atoms with Gasteiger partial charge in [-0.1, -0.05) is 0 Å². The van der Waals surface area contributed by atoms with E-state index in [4.69, 9.17) is 17.5 Å². The molecule has 1 aliphatic carbocycles. The van der Waals surface area contributed by atoms with E-state index in [9.17, 15) is 22.4 Å². The summed E-state index contributed by atoms with van der Waals surface area (Å²) >= 11 is 7.29. The summed E-state index contributed by atoms with van der Waals surface area (Å²) < 4.78 is 55.1. The molecule has 1 spiro atoms. The van der Waals surface area contributed by atoms with E-state index in [1.54, 1.807) is 6.07 Å². The Hall–Kier alpha value is -2.33. The molecule has 0 radical (unpaired) electrons. The van der Waals surface area contributed by atoms with Gasteiger partial charge in [0.15, 0.2) is 10.8 Å². The Morgan fingerprint density at radius 3 is 2.52 bits per heavy atom. The summed E-state index contributed by atoms with van der Waals surface area (Å²) in [5.41, 5.74) is -3.09. The number of carbonyl (C=O) groups excluding carboxylic acids is 1. The van der Waals surface area contributed by atoms with Crippen molar-refractivity contribution in [3.63, 3.8) is 0 Å². The maximum Gasteiger partial charge on any atom is 0.419 e. The summed E-state index contributed by atoms with van der Waals surface area (Å²) in [6.45, 7) is 4.29. The fourth-order valence-electron chi connectivity index (χ4n) is 3.65. The Balaban J connectivity index is 2.11. The molecule has 2 fully saturated rings. The zero-order valence-corrected chi connectivity index (χ0v) is 19.1. The summed E-state index contributed by atoms with van der Waals surface area (Å²) in [5, 5.41) is 8.94. The van der Waals surface area contributed by atoms with Crippen LogP contribution in [0, 0.1) is 20.7 Å². The molecule has 31 heavy (non-hydrogen) atoms. The first-order chi connectivity index (χ1) is 14.5. The minimum Gasteiger partial charge on any atom is -0.303 e. The quantitative estimate of drug-likeness (QED) is 0.126. The third-order valence-corrected chi connectivity index (χ3v) is 6.52. The number of aliphatic imine (C=N–C) groups is 1. The van der Waals surface area contributed by atoms with Crippen molar-refractivity contribution in [1.29, 1.82) is 5.26 Å². The molecule has 3 rings (SSSR count). The second-order valence-electron chi connectivity index (χ2n) is 7.06. The number of alkyl halides is 3. The van der Waals surface area contributed by atoms with Gasteiger partial charge < -0.3 is 4.90 Å². The second kappa shape index (κ2) is 8.31. The van der Waals surface area contributed by atoms with E-state index >= 15 is 0 Å². The molecule has 1 heterocycles. The van der Waals surface area contributed by atoms with Crippen LogP contribution in [0.2, 0.25) is 0 Å². The molecule has 0 unspecified atom stereocenters. The molecule has 1 aromatic rings. The predicted molar refractivity (Wildman–Crippen MR) is 120 cm³/mol. The van der Waals surface area contributed by atoms with E-state index in [0.717, 1.165) is 11.3 Å². The minimum atomic E-state index is -4.90. The van der Waals surface area contributed by atoms with Gasteiger partial charge in [-0.3, -0.25) is 14.7 Å². The van der Waals surface area contributed by atoms with Crippen molar-refractivity contribution < 1.29 is 22.4 Å². The lowest BCUT2D eigenvalue weighted by atomic mass is 9.75. The van der Waals surface area contributed by atoms with Crippen LogP contribution in [0.3, 0.4) is 0 Å². The number of rotatable bonds is 4. The number of halogens is 5. The maximum atomic E-state index is 14.2. The smallest absolute Gasteiger partial charge is 0.303 e.